The van der Waals surface area contributed by atoms with Crippen LogP contribution >= 0.6 is 11.6 Å². The maximum Gasteiger partial charge on any atom is 0.269 e. The molecular weight excluding hydrogens is 297 g/mol. The molecule has 0 aromatic heterocycles. The minimum atomic E-state index is -0.552. The molecule has 0 radical (unpaired) electrons. The Morgan fingerprint density at radius 1 is 1.19 bits per heavy atom. The highest BCUT2D eigenvalue weighted by molar-refractivity contribution is 6.32. The van der Waals surface area contributed by atoms with Crippen molar-refractivity contribution in [1.29, 1.82) is 0 Å². The van der Waals surface area contributed by atoms with E-state index in [1.165, 1.54) is 54.6 Å². The molecule has 0 aliphatic carbocycles. The van der Waals surface area contributed by atoms with Gasteiger partial charge in [-0.25, -0.2) is 4.39 Å². The van der Waals surface area contributed by atoms with Gasteiger partial charge in [-0.3, -0.25) is 14.9 Å². The number of carbonyl (C=O) groups excluding carboxylic acids is 1. The van der Waals surface area contributed by atoms with Gasteiger partial charge in [0.2, 0.25) is 0 Å². The minimum absolute atomic E-state index is 0.104. The van der Waals surface area contributed by atoms with Gasteiger partial charge in [0.05, 0.1) is 9.95 Å². The highest BCUT2D eigenvalue weighted by Crippen LogP contribution is 2.21. The zero-order valence-electron chi connectivity index (χ0n) is 10.6. The number of hydrogen-bond donors (Lipinski definition) is 0. The lowest BCUT2D eigenvalue weighted by molar-refractivity contribution is -0.384. The van der Waals surface area contributed by atoms with E-state index in [1.54, 1.807) is 0 Å². The molecule has 0 heterocycles. The zero-order chi connectivity index (χ0) is 15.4. The molecule has 4 nitrogen and oxygen atoms in total. The van der Waals surface area contributed by atoms with E-state index >= 15 is 0 Å². The number of non-ortho nitro benzene ring substituents is 1. The third-order valence-electron chi connectivity index (χ3n) is 2.76. The van der Waals surface area contributed by atoms with Crippen LogP contribution in [0.3, 0.4) is 0 Å². The van der Waals surface area contributed by atoms with Crippen molar-refractivity contribution in [3.63, 3.8) is 0 Å². The summed E-state index contributed by atoms with van der Waals surface area (Å²) in [6, 6.07) is 9.37. The van der Waals surface area contributed by atoms with Crippen LogP contribution in [0.4, 0.5) is 10.1 Å². The summed E-state index contributed by atoms with van der Waals surface area (Å²) < 4.78 is 13.5. The van der Waals surface area contributed by atoms with Crippen LogP contribution in [-0.4, -0.2) is 10.7 Å². The van der Waals surface area contributed by atoms with E-state index in [0.29, 0.717) is 0 Å². The maximum atomic E-state index is 13.5. The van der Waals surface area contributed by atoms with E-state index in [2.05, 4.69) is 0 Å². The number of nitrogens with zero attached hydrogens (tertiary/aromatic N) is 1. The van der Waals surface area contributed by atoms with E-state index in [9.17, 15) is 19.3 Å². The van der Waals surface area contributed by atoms with E-state index in [-0.39, 0.29) is 21.8 Å². The van der Waals surface area contributed by atoms with Gasteiger partial charge in [-0.1, -0.05) is 17.7 Å². The number of nitro benzene ring substituents is 1. The van der Waals surface area contributed by atoms with Crippen molar-refractivity contribution in [3.05, 3.63) is 80.6 Å². The number of hydrogen-bond acceptors (Lipinski definition) is 3. The average molecular weight is 306 g/mol. The second-order valence-electron chi connectivity index (χ2n) is 4.14. The Labute approximate surface area is 124 Å². The highest BCUT2D eigenvalue weighted by atomic mass is 35.5. The molecule has 0 fully saturated rings. The number of halogens is 2. The molecule has 2 aromatic carbocycles. The molecular formula is C15H9ClFNO3. The number of carbonyl (C=O) groups is 1. The summed E-state index contributed by atoms with van der Waals surface area (Å²) in [4.78, 5) is 21.9. The molecule has 0 unspecified atom stereocenters. The van der Waals surface area contributed by atoms with Crippen molar-refractivity contribution < 1.29 is 14.1 Å². The molecule has 0 saturated heterocycles. The van der Waals surface area contributed by atoms with Crippen LogP contribution in [0.15, 0.2) is 48.5 Å². The van der Waals surface area contributed by atoms with Crippen molar-refractivity contribution >= 4 is 29.1 Å². The van der Waals surface area contributed by atoms with Crippen LogP contribution in [0.2, 0.25) is 5.02 Å². The average Bonchev–Trinajstić information content (AvgIpc) is 2.46. The summed E-state index contributed by atoms with van der Waals surface area (Å²) >= 11 is 5.84. The Morgan fingerprint density at radius 2 is 1.86 bits per heavy atom. The number of allylic oxidation sites excluding steroid dienone is 1. The third-order valence-corrected chi connectivity index (χ3v) is 3.09. The predicted octanol–water partition coefficient (Wildman–Crippen LogP) is 4.28. The highest BCUT2D eigenvalue weighted by Gasteiger charge is 2.08. The van der Waals surface area contributed by atoms with Crippen LogP contribution in [0.1, 0.15) is 15.9 Å². The molecule has 106 valence electrons. The summed E-state index contributed by atoms with van der Waals surface area (Å²) in [6.07, 6.45) is 2.45. The Balaban J connectivity index is 2.21. The minimum Gasteiger partial charge on any atom is -0.289 e. The Kier molecular flexibility index (Phi) is 4.45. The topological polar surface area (TPSA) is 60.2 Å². The van der Waals surface area contributed by atoms with Gasteiger partial charge in [0.1, 0.15) is 5.82 Å². The first kappa shape index (κ1) is 14.9. The summed E-state index contributed by atoms with van der Waals surface area (Å²) in [5.74, 6) is -0.931. The van der Waals surface area contributed by atoms with Crippen LogP contribution in [0, 0.1) is 15.9 Å². The van der Waals surface area contributed by atoms with Gasteiger partial charge in [0.25, 0.3) is 5.69 Å². The maximum absolute atomic E-state index is 13.5. The first-order valence-electron chi connectivity index (χ1n) is 5.90. The second-order valence-corrected chi connectivity index (χ2v) is 4.54. The molecule has 6 heteroatoms. The molecule has 2 aromatic rings. The fourth-order valence-electron chi connectivity index (χ4n) is 1.67. The van der Waals surface area contributed by atoms with Crippen molar-refractivity contribution in [2.75, 3.05) is 0 Å². The van der Waals surface area contributed by atoms with Gasteiger partial charge < -0.3 is 0 Å². The van der Waals surface area contributed by atoms with Crippen LogP contribution in [0.25, 0.3) is 6.08 Å². The van der Waals surface area contributed by atoms with Gasteiger partial charge in [0.15, 0.2) is 5.78 Å². The summed E-state index contributed by atoms with van der Waals surface area (Å²) in [5.41, 5.74) is 0.284. The van der Waals surface area contributed by atoms with Crippen LogP contribution < -0.4 is 0 Å². The van der Waals surface area contributed by atoms with Crippen molar-refractivity contribution in [3.8, 4) is 0 Å². The molecule has 0 bridgehead atoms. The summed E-state index contributed by atoms with van der Waals surface area (Å²) in [7, 11) is 0. The lowest BCUT2D eigenvalue weighted by atomic mass is 10.1. The Hall–Kier alpha value is -2.53. The standard InChI is InChI=1S/C15H9ClFNO3/c16-13-2-1-3-14(17)12(13)8-9-15(19)10-4-6-11(7-5-10)18(20)21/h1-9H/b9-8+. The largest absolute Gasteiger partial charge is 0.289 e. The lowest BCUT2D eigenvalue weighted by Gasteiger charge is -2.00. The number of benzene rings is 2. The summed E-state index contributed by atoms with van der Waals surface area (Å²) in [6.45, 7) is 0. The smallest absolute Gasteiger partial charge is 0.269 e. The first-order chi connectivity index (χ1) is 9.99. The SMILES string of the molecule is O=C(/C=C/c1c(F)cccc1Cl)c1ccc([N+](=O)[O-])cc1. The van der Waals surface area contributed by atoms with Crippen LogP contribution in [-0.2, 0) is 0 Å². The first-order valence-corrected chi connectivity index (χ1v) is 6.27. The van der Waals surface area contributed by atoms with E-state index < -0.39 is 16.5 Å². The van der Waals surface area contributed by atoms with Gasteiger partial charge in [-0.15, -0.1) is 0 Å². The van der Waals surface area contributed by atoms with E-state index in [4.69, 9.17) is 11.6 Å². The van der Waals surface area contributed by atoms with E-state index in [1.807, 2.05) is 0 Å². The normalized spacial score (nSPS) is 10.8. The van der Waals surface area contributed by atoms with Gasteiger partial charge in [-0.2, -0.15) is 0 Å². The molecule has 0 amide bonds. The molecule has 0 N–H and O–H groups in total. The zero-order valence-corrected chi connectivity index (χ0v) is 11.4. The second kappa shape index (κ2) is 6.28. The number of ketones is 1. The Morgan fingerprint density at radius 3 is 2.43 bits per heavy atom. The van der Waals surface area contributed by atoms with Gasteiger partial charge >= 0.3 is 0 Å². The molecule has 0 aliphatic heterocycles. The monoisotopic (exact) mass is 305 g/mol. The quantitative estimate of drug-likeness (QED) is 0.366. The number of rotatable bonds is 4. The molecule has 0 saturated carbocycles. The number of nitro groups is 1. The van der Waals surface area contributed by atoms with Crippen LogP contribution in [0.5, 0.6) is 0 Å². The molecule has 0 spiro atoms. The lowest BCUT2D eigenvalue weighted by Crippen LogP contribution is -1.95. The predicted molar refractivity (Wildman–Crippen MR) is 77.9 cm³/mol. The molecule has 0 aliphatic rings. The fraction of sp³-hybridized carbons (Fsp3) is 0. The Bertz CT molecular complexity index is 706. The molecule has 0 atom stereocenters. The fourth-order valence-corrected chi connectivity index (χ4v) is 1.90. The van der Waals surface area contributed by atoms with E-state index in [0.717, 1.165) is 0 Å². The van der Waals surface area contributed by atoms with Gasteiger partial charge in [-0.05, 0) is 36.4 Å². The van der Waals surface area contributed by atoms with Gasteiger partial charge in [0, 0.05) is 23.3 Å². The molecule has 2 rings (SSSR count). The van der Waals surface area contributed by atoms with Crippen molar-refractivity contribution in [2.45, 2.75) is 0 Å². The summed E-state index contributed by atoms with van der Waals surface area (Å²) in [5, 5.41) is 10.7. The molecule has 21 heavy (non-hydrogen) atoms. The van der Waals surface area contributed by atoms with Crippen molar-refractivity contribution in [1.82, 2.24) is 0 Å². The third kappa shape index (κ3) is 3.52. The van der Waals surface area contributed by atoms with Crippen molar-refractivity contribution in [2.24, 2.45) is 0 Å².